The molecule has 1 heteroatoms. The van der Waals surface area contributed by atoms with Gasteiger partial charge >= 0.3 is 0 Å². The maximum absolute atomic E-state index is 2.63. The Bertz CT molecular complexity index is 238. The summed E-state index contributed by atoms with van der Waals surface area (Å²) in [6, 6.07) is 0. The number of allylic oxidation sites excluding steroid dienone is 2. The van der Waals surface area contributed by atoms with Crippen LogP contribution in [0.3, 0.4) is 0 Å². The van der Waals surface area contributed by atoms with Gasteiger partial charge in [-0.25, -0.2) is 0 Å². The van der Waals surface area contributed by atoms with Gasteiger partial charge in [0.2, 0.25) is 0 Å². The number of rotatable bonds is 1. The minimum atomic E-state index is -1.03. The van der Waals surface area contributed by atoms with Crippen molar-refractivity contribution < 1.29 is 0 Å². The SMILES string of the molecule is C[Si](C)(C)C1=CCCCC12CCCC2. The average molecular weight is 208 g/mol. The first kappa shape index (κ1) is 10.5. The van der Waals surface area contributed by atoms with Crippen LogP contribution in [0.1, 0.15) is 44.9 Å². The van der Waals surface area contributed by atoms with Gasteiger partial charge in [-0.2, -0.15) is 0 Å². The molecule has 0 bridgehead atoms. The lowest BCUT2D eigenvalue weighted by Crippen LogP contribution is -2.37. The van der Waals surface area contributed by atoms with Crippen molar-refractivity contribution in [2.24, 2.45) is 5.41 Å². The molecule has 0 N–H and O–H groups in total. The minimum absolute atomic E-state index is 0.697. The minimum Gasteiger partial charge on any atom is -0.0886 e. The monoisotopic (exact) mass is 208 g/mol. The Labute approximate surface area is 89.8 Å². The molecule has 0 unspecified atom stereocenters. The fraction of sp³-hybridized carbons (Fsp3) is 0.846. The third-order valence-electron chi connectivity index (χ3n) is 4.15. The van der Waals surface area contributed by atoms with Crippen LogP contribution in [0.15, 0.2) is 11.3 Å². The molecule has 0 atom stereocenters. The molecule has 80 valence electrons. The first-order valence-electron chi connectivity index (χ1n) is 6.26. The molecule has 2 aliphatic rings. The smallest absolute Gasteiger partial charge is 0.0727 e. The highest BCUT2D eigenvalue weighted by Gasteiger charge is 2.42. The first-order valence-corrected chi connectivity index (χ1v) is 9.76. The molecule has 2 aliphatic carbocycles. The van der Waals surface area contributed by atoms with Gasteiger partial charge in [0.05, 0.1) is 8.07 Å². The Kier molecular flexibility index (Phi) is 2.63. The van der Waals surface area contributed by atoms with Gasteiger partial charge in [-0.1, -0.05) is 43.8 Å². The van der Waals surface area contributed by atoms with Crippen molar-refractivity contribution in [2.45, 2.75) is 64.6 Å². The topological polar surface area (TPSA) is 0 Å². The van der Waals surface area contributed by atoms with E-state index in [0.717, 1.165) is 0 Å². The Balaban J connectivity index is 2.31. The van der Waals surface area contributed by atoms with Crippen LogP contribution in [0.2, 0.25) is 19.6 Å². The lowest BCUT2D eigenvalue weighted by Gasteiger charge is -2.41. The second kappa shape index (κ2) is 3.51. The molecule has 0 amide bonds. The maximum atomic E-state index is 2.63. The van der Waals surface area contributed by atoms with Gasteiger partial charge in [-0.05, 0) is 37.5 Å². The highest BCUT2D eigenvalue weighted by Crippen LogP contribution is 2.52. The fourth-order valence-electron chi connectivity index (χ4n) is 3.71. The quantitative estimate of drug-likeness (QED) is 0.555. The molecule has 0 heterocycles. The van der Waals surface area contributed by atoms with E-state index in [9.17, 15) is 0 Å². The molecule has 0 aromatic carbocycles. The van der Waals surface area contributed by atoms with Crippen molar-refractivity contribution in [1.29, 1.82) is 0 Å². The van der Waals surface area contributed by atoms with Crippen molar-refractivity contribution in [3.05, 3.63) is 11.3 Å². The highest BCUT2D eigenvalue weighted by molar-refractivity contribution is 6.83. The summed E-state index contributed by atoms with van der Waals surface area (Å²) in [7, 11) is -1.03. The summed E-state index contributed by atoms with van der Waals surface area (Å²) in [6.07, 6.45) is 12.9. The lowest BCUT2D eigenvalue weighted by atomic mass is 9.77. The molecule has 1 fully saturated rings. The Hall–Kier alpha value is -0.0431. The van der Waals surface area contributed by atoms with E-state index in [-0.39, 0.29) is 0 Å². The van der Waals surface area contributed by atoms with E-state index in [0.29, 0.717) is 5.41 Å². The van der Waals surface area contributed by atoms with Gasteiger partial charge in [0.25, 0.3) is 0 Å². The molecule has 14 heavy (non-hydrogen) atoms. The van der Waals surface area contributed by atoms with Gasteiger partial charge in [-0.3, -0.25) is 0 Å². The molecule has 0 nitrogen and oxygen atoms in total. The third-order valence-corrected chi connectivity index (χ3v) is 6.50. The van der Waals surface area contributed by atoms with Gasteiger partial charge in [0.1, 0.15) is 0 Å². The molecule has 0 radical (unpaired) electrons. The molecule has 0 saturated heterocycles. The maximum Gasteiger partial charge on any atom is 0.0727 e. The summed E-state index contributed by atoms with van der Waals surface area (Å²) < 4.78 is 0. The van der Waals surface area contributed by atoms with E-state index in [4.69, 9.17) is 0 Å². The third kappa shape index (κ3) is 1.71. The zero-order valence-corrected chi connectivity index (χ0v) is 11.0. The fourth-order valence-corrected chi connectivity index (χ4v) is 6.43. The molecule has 2 rings (SSSR count). The van der Waals surface area contributed by atoms with Crippen LogP contribution in [0.25, 0.3) is 0 Å². The molecular formula is C13H24Si. The Morgan fingerprint density at radius 3 is 2.14 bits per heavy atom. The van der Waals surface area contributed by atoms with Gasteiger partial charge in [0, 0.05) is 0 Å². The van der Waals surface area contributed by atoms with E-state index in [1.807, 2.05) is 5.20 Å². The van der Waals surface area contributed by atoms with Crippen molar-refractivity contribution in [3.63, 3.8) is 0 Å². The predicted molar refractivity (Wildman–Crippen MR) is 66.2 cm³/mol. The molecular weight excluding hydrogens is 184 g/mol. The normalized spacial score (nSPS) is 26.6. The van der Waals surface area contributed by atoms with Crippen LogP contribution in [0.5, 0.6) is 0 Å². The second-order valence-corrected chi connectivity index (χ2v) is 11.3. The van der Waals surface area contributed by atoms with Crippen LogP contribution in [0.4, 0.5) is 0 Å². The summed E-state index contributed by atoms with van der Waals surface area (Å²) in [4.78, 5) is 0. The van der Waals surface area contributed by atoms with Crippen molar-refractivity contribution in [1.82, 2.24) is 0 Å². The second-order valence-electron chi connectivity index (χ2n) is 6.25. The zero-order valence-electron chi connectivity index (χ0n) is 10.0. The van der Waals surface area contributed by atoms with Crippen molar-refractivity contribution in [3.8, 4) is 0 Å². The average Bonchev–Trinajstić information content (AvgIpc) is 2.52. The number of hydrogen-bond acceptors (Lipinski definition) is 0. The van der Waals surface area contributed by atoms with Crippen LogP contribution >= 0.6 is 0 Å². The van der Waals surface area contributed by atoms with E-state index in [1.165, 1.54) is 44.9 Å². The first-order chi connectivity index (χ1) is 6.55. The standard InChI is InChI=1S/C13H24Si/c1-14(2,3)12-8-4-5-9-13(12)10-6-7-11-13/h8H,4-7,9-11H2,1-3H3. The molecule has 0 aromatic rings. The summed E-state index contributed by atoms with van der Waals surface area (Å²) in [6.45, 7) is 7.60. The summed E-state index contributed by atoms with van der Waals surface area (Å²) >= 11 is 0. The largest absolute Gasteiger partial charge is 0.0886 e. The zero-order chi connectivity index (χ0) is 10.2. The van der Waals surface area contributed by atoms with E-state index in [2.05, 4.69) is 25.7 Å². The van der Waals surface area contributed by atoms with Crippen molar-refractivity contribution >= 4 is 8.07 Å². The van der Waals surface area contributed by atoms with Crippen LogP contribution in [0, 0.1) is 5.41 Å². The van der Waals surface area contributed by atoms with Crippen LogP contribution in [-0.4, -0.2) is 8.07 Å². The van der Waals surface area contributed by atoms with Gasteiger partial charge < -0.3 is 0 Å². The molecule has 1 spiro atoms. The van der Waals surface area contributed by atoms with Crippen LogP contribution in [-0.2, 0) is 0 Å². The molecule has 0 aromatic heterocycles. The van der Waals surface area contributed by atoms with E-state index in [1.54, 1.807) is 0 Å². The summed E-state index contributed by atoms with van der Waals surface area (Å²) in [5.74, 6) is 0. The lowest BCUT2D eigenvalue weighted by molar-refractivity contribution is 0.326. The van der Waals surface area contributed by atoms with Gasteiger partial charge in [-0.15, -0.1) is 0 Å². The highest BCUT2D eigenvalue weighted by atomic mass is 28.3. The molecule has 0 aliphatic heterocycles. The summed E-state index contributed by atoms with van der Waals surface area (Å²) in [5, 5.41) is 1.92. The Morgan fingerprint density at radius 2 is 1.57 bits per heavy atom. The van der Waals surface area contributed by atoms with Crippen molar-refractivity contribution in [2.75, 3.05) is 0 Å². The Morgan fingerprint density at radius 1 is 1.00 bits per heavy atom. The van der Waals surface area contributed by atoms with E-state index >= 15 is 0 Å². The van der Waals surface area contributed by atoms with E-state index < -0.39 is 8.07 Å². The van der Waals surface area contributed by atoms with Gasteiger partial charge in [0.15, 0.2) is 0 Å². The number of hydrogen-bond donors (Lipinski definition) is 0. The van der Waals surface area contributed by atoms with Crippen LogP contribution < -0.4 is 0 Å². The summed E-state index contributed by atoms with van der Waals surface area (Å²) in [5.41, 5.74) is 0.697. The molecule has 1 saturated carbocycles. The predicted octanol–water partition coefficient (Wildman–Crippen LogP) is 4.53.